The van der Waals surface area contributed by atoms with E-state index in [4.69, 9.17) is 4.74 Å². The van der Waals surface area contributed by atoms with E-state index in [1.807, 2.05) is 36.4 Å². The number of rotatable bonds is 6. The van der Waals surface area contributed by atoms with Crippen molar-refractivity contribution in [2.45, 2.75) is 32.6 Å². The number of nitrogens with zero attached hydrogens (tertiary/aromatic N) is 1. The monoisotopic (exact) mass is 331 g/mol. The minimum Gasteiger partial charge on any atom is -0.494 e. The lowest BCUT2D eigenvalue weighted by Gasteiger charge is -2.19. The van der Waals surface area contributed by atoms with Gasteiger partial charge >= 0.3 is 0 Å². The summed E-state index contributed by atoms with van der Waals surface area (Å²) in [6, 6.07) is 13.8. The summed E-state index contributed by atoms with van der Waals surface area (Å²) in [5.41, 5.74) is 3.26. The van der Waals surface area contributed by atoms with Crippen molar-refractivity contribution in [1.29, 1.82) is 0 Å². The Bertz CT molecular complexity index is 941. The predicted molar refractivity (Wildman–Crippen MR) is 100 cm³/mol. The van der Waals surface area contributed by atoms with Gasteiger partial charge in [-0.3, -0.25) is 9.78 Å². The smallest absolute Gasteiger partial charge is 0.212 e. The van der Waals surface area contributed by atoms with Crippen molar-refractivity contribution in [2.75, 3.05) is 6.61 Å². The molecule has 1 aliphatic rings. The first kappa shape index (κ1) is 15.8. The van der Waals surface area contributed by atoms with Gasteiger partial charge in [0, 0.05) is 17.1 Å². The van der Waals surface area contributed by atoms with Crippen LogP contribution in [0, 0.1) is 0 Å². The molecular formula is C22H21NO2. The maximum absolute atomic E-state index is 12.8. The highest BCUT2D eigenvalue weighted by atomic mass is 16.5. The van der Waals surface area contributed by atoms with Crippen molar-refractivity contribution < 1.29 is 9.53 Å². The van der Waals surface area contributed by atoms with Crippen molar-refractivity contribution in [3.63, 3.8) is 0 Å². The molecule has 0 atom stereocenters. The third-order valence-electron chi connectivity index (χ3n) is 4.80. The van der Waals surface area contributed by atoms with Gasteiger partial charge in [-0.25, -0.2) is 0 Å². The van der Waals surface area contributed by atoms with Crippen LogP contribution in [0.3, 0.4) is 0 Å². The zero-order valence-electron chi connectivity index (χ0n) is 14.4. The van der Waals surface area contributed by atoms with Gasteiger partial charge in [-0.2, -0.15) is 0 Å². The summed E-state index contributed by atoms with van der Waals surface area (Å²) < 4.78 is 5.91. The van der Waals surface area contributed by atoms with Gasteiger partial charge in [0.05, 0.1) is 6.61 Å². The van der Waals surface area contributed by atoms with Crippen LogP contribution in [0.5, 0.6) is 5.75 Å². The normalized spacial score (nSPS) is 12.3. The van der Waals surface area contributed by atoms with Crippen LogP contribution >= 0.6 is 0 Å². The van der Waals surface area contributed by atoms with E-state index in [9.17, 15) is 4.79 Å². The van der Waals surface area contributed by atoms with Crippen LogP contribution in [0.15, 0.2) is 48.7 Å². The van der Waals surface area contributed by atoms with Gasteiger partial charge in [0.15, 0.2) is 0 Å². The summed E-state index contributed by atoms with van der Waals surface area (Å²) in [7, 11) is 0. The molecular weight excluding hydrogens is 310 g/mol. The average molecular weight is 331 g/mol. The Morgan fingerprint density at radius 2 is 1.88 bits per heavy atom. The number of ketones is 1. The standard InChI is InChI=1S/C22H21NO2/c1-2-3-4-5-13-25-16-9-10-18-19(14-16)17-8-6-7-15-11-12-23-21(20(15)17)22(18)24/h6-12,14H,2-5,13H2,1H3. The van der Waals surface area contributed by atoms with E-state index in [0.29, 0.717) is 11.3 Å². The van der Waals surface area contributed by atoms with Crippen LogP contribution < -0.4 is 4.74 Å². The maximum Gasteiger partial charge on any atom is 0.212 e. The highest BCUT2D eigenvalue weighted by Crippen LogP contribution is 2.39. The van der Waals surface area contributed by atoms with Gasteiger partial charge in [-0.15, -0.1) is 0 Å². The Kier molecular flexibility index (Phi) is 4.22. The summed E-state index contributed by atoms with van der Waals surface area (Å²) in [6.07, 6.45) is 6.43. The highest BCUT2D eigenvalue weighted by Gasteiger charge is 2.26. The molecule has 0 spiro atoms. The molecule has 3 nitrogen and oxygen atoms in total. The number of aromatic nitrogens is 1. The second kappa shape index (κ2) is 6.67. The summed E-state index contributed by atoms with van der Waals surface area (Å²) in [5, 5.41) is 2.00. The summed E-state index contributed by atoms with van der Waals surface area (Å²) in [5.74, 6) is 0.821. The Morgan fingerprint density at radius 3 is 2.76 bits per heavy atom. The van der Waals surface area contributed by atoms with E-state index in [2.05, 4.69) is 18.0 Å². The van der Waals surface area contributed by atoms with Gasteiger partial charge in [-0.1, -0.05) is 44.4 Å². The van der Waals surface area contributed by atoms with Gasteiger partial charge in [0.25, 0.3) is 0 Å². The Balaban J connectivity index is 1.70. The molecule has 0 unspecified atom stereocenters. The lowest BCUT2D eigenvalue weighted by atomic mass is 9.85. The number of benzene rings is 2. The fourth-order valence-corrected chi connectivity index (χ4v) is 3.51. The van der Waals surface area contributed by atoms with E-state index in [1.165, 1.54) is 19.3 Å². The zero-order chi connectivity index (χ0) is 17.2. The van der Waals surface area contributed by atoms with Crippen LogP contribution in [0.25, 0.3) is 21.9 Å². The lowest BCUT2D eigenvalue weighted by molar-refractivity contribution is 0.103. The Hall–Kier alpha value is -2.68. The molecule has 1 aliphatic carbocycles. The van der Waals surface area contributed by atoms with Crippen LogP contribution in [-0.2, 0) is 0 Å². The Labute approximate surface area is 147 Å². The molecule has 126 valence electrons. The number of carbonyl (C=O) groups excluding carboxylic acids is 1. The molecule has 0 aliphatic heterocycles. The first-order chi connectivity index (χ1) is 12.3. The van der Waals surface area contributed by atoms with Gasteiger partial charge < -0.3 is 4.74 Å². The van der Waals surface area contributed by atoms with Gasteiger partial charge in [0.2, 0.25) is 5.78 Å². The van der Waals surface area contributed by atoms with Crippen molar-refractivity contribution in [3.8, 4) is 16.9 Å². The average Bonchev–Trinajstić information content (AvgIpc) is 2.65. The fourth-order valence-electron chi connectivity index (χ4n) is 3.51. The maximum atomic E-state index is 12.8. The third kappa shape index (κ3) is 2.80. The molecule has 2 aromatic carbocycles. The molecule has 0 saturated heterocycles. The summed E-state index contributed by atoms with van der Waals surface area (Å²) >= 11 is 0. The number of hydrogen-bond acceptors (Lipinski definition) is 3. The van der Waals surface area contributed by atoms with Crippen LogP contribution in [0.4, 0.5) is 0 Å². The van der Waals surface area contributed by atoms with Crippen molar-refractivity contribution in [3.05, 3.63) is 59.9 Å². The molecule has 3 aromatic rings. The molecule has 1 aromatic heterocycles. The van der Waals surface area contributed by atoms with E-state index in [1.54, 1.807) is 6.20 Å². The van der Waals surface area contributed by atoms with Crippen molar-refractivity contribution in [1.82, 2.24) is 4.98 Å². The molecule has 25 heavy (non-hydrogen) atoms. The number of carbonyl (C=O) groups is 1. The van der Waals surface area contributed by atoms with E-state index >= 15 is 0 Å². The number of fused-ring (bicyclic) bond motifs is 2. The van der Waals surface area contributed by atoms with Crippen LogP contribution in [-0.4, -0.2) is 17.4 Å². The number of hydrogen-bond donors (Lipinski definition) is 0. The minimum atomic E-state index is -0.00574. The van der Waals surface area contributed by atoms with Crippen molar-refractivity contribution in [2.24, 2.45) is 0 Å². The number of ether oxygens (including phenoxy) is 1. The first-order valence-corrected chi connectivity index (χ1v) is 8.99. The van der Waals surface area contributed by atoms with Crippen molar-refractivity contribution >= 4 is 16.6 Å². The van der Waals surface area contributed by atoms with E-state index < -0.39 is 0 Å². The molecule has 1 heterocycles. The predicted octanol–water partition coefficient (Wildman–Crippen LogP) is 5.41. The molecule has 0 radical (unpaired) electrons. The quantitative estimate of drug-likeness (QED) is 0.444. The molecule has 3 heteroatoms. The lowest BCUT2D eigenvalue weighted by Crippen LogP contribution is -2.12. The largest absolute Gasteiger partial charge is 0.494 e. The number of unbranched alkanes of at least 4 members (excludes halogenated alkanes) is 3. The SMILES string of the molecule is CCCCCCOc1ccc2c(c1)-c1cccc3ccnc(c13)C2=O. The molecule has 0 amide bonds. The Morgan fingerprint density at radius 1 is 0.960 bits per heavy atom. The van der Waals surface area contributed by atoms with E-state index in [-0.39, 0.29) is 5.78 Å². The topological polar surface area (TPSA) is 39.2 Å². The minimum absolute atomic E-state index is 0.00574. The van der Waals surface area contributed by atoms with Crippen LogP contribution in [0.2, 0.25) is 0 Å². The molecule has 0 bridgehead atoms. The van der Waals surface area contributed by atoms with Crippen LogP contribution in [0.1, 0.15) is 48.7 Å². The second-order valence-electron chi connectivity index (χ2n) is 6.51. The zero-order valence-corrected chi connectivity index (χ0v) is 14.4. The number of pyridine rings is 1. The molecule has 4 rings (SSSR count). The molecule has 0 N–H and O–H groups in total. The van der Waals surface area contributed by atoms with Gasteiger partial charge in [-0.05, 0) is 47.2 Å². The fraction of sp³-hybridized carbons (Fsp3) is 0.273. The molecule has 0 fully saturated rings. The second-order valence-corrected chi connectivity index (χ2v) is 6.51. The van der Waals surface area contributed by atoms with E-state index in [0.717, 1.165) is 40.7 Å². The van der Waals surface area contributed by atoms with Gasteiger partial charge in [0.1, 0.15) is 11.4 Å². The molecule has 0 saturated carbocycles. The highest BCUT2D eigenvalue weighted by molar-refractivity contribution is 6.24. The third-order valence-corrected chi connectivity index (χ3v) is 4.80. The summed E-state index contributed by atoms with van der Waals surface area (Å²) in [4.78, 5) is 17.2. The first-order valence-electron chi connectivity index (χ1n) is 8.99. The summed E-state index contributed by atoms with van der Waals surface area (Å²) in [6.45, 7) is 2.92.